The molecule has 8 aromatic rings. The van der Waals surface area contributed by atoms with Crippen LogP contribution in [0.1, 0.15) is 65.2 Å². The molecule has 0 saturated heterocycles. The number of fused-ring (bicyclic) bond motifs is 9. The highest BCUT2D eigenvalue weighted by Crippen LogP contribution is 2.57. The smallest absolute Gasteiger partial charge is 0.195 e. The SMILES string of the molecule is Cc1ccc(C2(c3ccc(C)cc3)c3cc(-c4cnc5c(c4)C(=O)c4ccccc4-5)ccc3-c3ccc(-c4cnc5c(c4)C(=O)c4ccccc4-5)cc32)cc1. The Morgan fingerprint density at radius 1 is 0.382 bits per heavy atom. The lowest BCUT2D eigenvalue weighted by molar-refractivity contribution is 0.103. The number of pyridine rings is 2. The second kappa shape index (κ2) is 11.5. The van der Waals surface area contributed by atoms with Gasteiger partial charge >= 0.3 is 0 Å². The molecule has 0 N–H and O–H groups in total. The van der Waals surface area contributed by atoms with Gasteiger partial charge < -0.3 is 0 Å². The normalized spacial score (nSPS) is 13.9. The summed E-state index contributed by atoms with van der Waals surface area (Å²) in [5, 5.41) is 0. The van der Waals surface area contributed by atoms with Crippen LogP contribution in [0.5, 0.6) is 0 Å². The number of benzene rings is 6. The Morgan fingerprint density at radius 3 is 1.20 bits per heavy atom. The van der Waals surface area contributed by atoms with Gasteiger partial charge in [-0.25, -0.2) is 0 Å². The molecule has 4 heteroatoms. The largest absolute Gasteiger partial charge is 0.289 e. The maximum atomic E-state index is 13.6. The quantitative estimate of drug-likeness (QED) is 0.183. The summed E-state index contributed by atoms with van der Waals surface area (Å²) in [6.07, 6.45) is 3.80. The summed E-state index contributed by atoms with van der Waals surface area (Å²) in [6.45, 7) is 4.24. The molecular formula is C51H32N2O2. The van der Waals surface area contributed by atoms with E-state index in [2.05, 4.69) is 98.8 Å². The van der Waals surface area contributed by atoms with Crippen molar-refractivity contribution in [3.05, 3.63) is 214 Å². The van der Waals surface area contributed by atoms with E-state index in [0.717, 1.165) is 78.1 Å². The molecule has 6 aromatic carbocycles. The van der Waals surface area contributed by atoms with Gasteiger partial charge in [-0.3, -0.25) is 19.6 Å². The lowest BCUT2D eigenvalue weighted by Crippen LogP contribution is -2.28. The first kappa shape index (κ1) is 31.5. The number of hydrogen-bond acceptors (Lipinski definition) is 4. The molecule has 258 valence electrons. The molecule has 4 nitrogen and oxygen atoms in total. The van der Waals surface area contributed by atoms with Gasteiger partial charge in [-0.05, 0) is 82.6 Å². The maximum absolute atomic E-state index is 13.6. The fraction of sp³-hybridized carbons (Fsp3) is 0.0588. The van der Waals surface area contributed by atoms with Crippen LogP contribution in [0.3, 0.4) is 0 Å². The van der Waals surface area contributed by atoms with Crippen molar-refractivity contribution in [3.8, 4) is 55.9 Å². The van der Waals surface area contributed by atoms with Crippen molar-refractivity contribution in [3.63, 3.8) is 0 Å². The molecule has 0 saturated carbocycles. The summed E-state index contributed by atoms with van der Waals surface area (Å²) < 4.78 is 0. The van der Waals surface area contributed by atoms with E-state index in [4.69, 9.17) is 9.97 Å². The summed E-state index contributed by atoms with van der Waals surface area (Å²) in [6, 6.07) is 50.6. The number of carbonyl (C=O) groups excluding carboxylic acids is 2. The minimum atomic E-state index is -0.676. The highest BCUT2D eigenvalue weighted by molar-refractivity contribution is 6.22. The Balaban J connectivity index is 1.13. The van der Waals surface area contributed by atoms with E-state index >= 15 is 0 Å². The van der Waals surface area contributed by atoms with E-state index < -0.39 is 5.41 Å². The van der Waals surface area contributed by atoms with Gasteiger partial charge in [0.2, 0.25) is 0 Å². The zero-order valence-corrected chi connectivity index (χ0v) is 30.2. The molecule has 2 aromatic heterocycles. The topological polar surface area (TPSA) is 59.9 Å². The number of nitrogens with zero attached hydrogens (tertiary/aromatic N) is 2. The van der Waals surface area contributed by atoms with Crippen molar-refractivity contribution in [1.29, 1.82) is 0 Å². The first-order chi connectivity index (χ1) is 26.9. The van der Waals surface area contributed by atoms with Crippen molar-refractivity contribution in [2.24, 2.45) is 0 Å². The fourth-order valence-corrected chi connectivity index (χ4v) is 9.16. The summed E-state index contributed by atoms with van der Waals surface area (Å²) in [7, 11) is 0. The first-order valence-electron chi connectivity index (χ1n) is 18.6. The van der Waals surface area contributed by atoms with Gasteiger partial charge in [-0.15, -0.1) is 0 Å². The van der Waals surface area contributed by atoms with E-state index in [1.165, 1.54) is 11.1 Å². The van der Waals surface area contributed by atoms with Crippen LogP contribution in [0.25, 0.3) is 55.9 Å². The molecule has 0 radical (unpaired) electrons. The van der Waals surface area contributed by atoms with Gasteiger partial charge in [0.15, 0.2) is 11.6 Å². The predicted molar refractivity (Wildman–Crippen MR) is 217 cm³/mol. The molecule has 0 fully saturated rings. The van der Waals surface area contributed by atoms with Gasteiger partial charge in [0.05, 0.1) is 16.8 Å². The number of ketones is 2. The molecule has 3 aliphatic rings. The van der Waals surface area contributed by atoms with Crippen LogP contribution in [-0.4, -0.2) is 21.5 Å². The second-order valence-electron chi connectivity index (χ2n) is 15.0. The van der Waals surface area contributed by atoms with Crippen LogP contribution in [0.2, 0.25) is 0 Å². The molecule has 3 aliphatic carbocycles. The van der Waals surface area contributed by atoms with Gasteiger partial charge in [0.25, 0.3) is 0 Å². The fourth-order valence-electron chi connectivity index (χ4n) is 9.16. The molecule has 0 aliphatic heterocycles. The summed E-state index contributed by atoms with van der Waals surface area (Å²) in [5.41, 5.74) is 18.4. The molecule has 2 heterocycles. The van der Waals surface area contributed by atoms with Crippen molar-refractivity contribution in [2.75, 3.05) is 0 Å². The third-order valence-corrected chi connectivity index (χ3v) is 11.9. The van der Waals surface area contributed by atoms with Gasteiger partial charge in [-0.2, -0.15) is 0 Å². The summed E-state index contributed by atoms with van der Waals surface area (Å²) in [4.78, 5) is 36.9. The van der Waals surface area contributed by atoms with Crippen LogP contribution < -0.4 is 0 Å². The average Bonchev–Trinajstić information content (AvgIpc) is 3.80. The van der Waals surface area contributed by atoms with Crippen LogP contribution in [0.4, 0.5) is 0 Å². The van der Waals surface area contributed by atoms with Gasteiger partial charge in [-0.1, -0.05) is 132 Å². The Kier molecular flexibility index (Phi) is 6.57. The Morgan fingerprint density at radius 2 is 0.782 bits per heavy atom. The number of aryl methyl sites for hydroxylation is 2. The third-order valence-electron chi connectivity index (χ3n) is 11.9. The molecule has 55 heavy (non-hydrogen) atoms. The molecule has 0 unspecified atom stereocenters. The van der Waals surface area contributed by atoms with E-state index in [0.29, 0.717) is 22.3 Å². The monoisotopic (exact) mass is 704 g/mol. The van der Waals surface area contributed by atoms with E-state index in [1.807, 2.05) is 73.1 Å². The van der Waals surface area contributed by atoms with Crippen LogP contribution in [0, 0.1) is 13.8 Å². The van der Waals surface area contributed by atoms with Gasteiger partial charge in [0, 0.05) is 56.9 Å². The summed E-state index contributed by atoms with van der Waals surface area (Å²) in [5.74, 6) is 0.0302. The zero-order valence-electron chi connectivity index (χ0n) is 30.2. The van der Waals surface area contributed by atoms with E-state index in [-0.39, 0.29) is 11.6 Å². The first-order valence-corrected chi connectivity index (χ1v) is 18.6. The summed E-state index contributed by atoms with van der Waals surface area (Å²) >= 11 is 0. The second-order valence-corrected chi connectivity index (χ2v) is 15.0. The number of carbonyl (C=O) groups is 2. The molecule has 0 bridgehead atoms. The Labute approximate surface area is 318 Å². The minimum absolute atomic E-state index is 0.0151. The minimum Gasteiger partial charge on any atom is -0.289 e. The van der Waals surface area contributed by atoms with Crippen molar-refractivity contribution in [1.82, 2.24) is 9.97 Å². The van der Waals surface area contributed by atoms with E-state index in [1.54, 1.807) is 0 Å². The van der Waals surface area contributed by atoms with Crippen molar-refractivity contribution >= 4 is 11.6 Å². The standard InChI is InChI=1S/C51H32N2O2/c1-29-11-17-35(18-12-29)51(36-19-13-30(2)14-20-36)45-25-31(33-23-43-47(52-27-33)39-7-3-5-9-41(39)49(43)54)15-21-37(45)38-22-16-32(26-46(38)51)34-24-44-48(53-28-34)40-8-4-6-10-42(40)50(44)55/h3-28H,1-2H3. The number of hydrogen-bond donors (Lipinski definition) is 0. The highest BCUT2D eigenvalue weighted by Gasteiger charge is 2.46. The molecular weight excluding hydrogens is 673 g/mol. The maximum Gasteiger partial charge on any atom is 0.195 e. The van der Waals surface area contributed by atoms with Crippen LogP contribution in [0.15, 0.2) is 158 Å². The molecule has 11 rings (SSSR count). The Bertz CT molecular complexity index is 2770. The third kappa shape index (κ3) is 4.40. The van der Waals surface area contributed by atoms with Gasteiger partial charge in [0.1, 0.15) is 0 Å². The molecule has 0 amide bonds. The average molecular weight is 705 g/mol. The van der Waals surface area contributed by atoms with Crippen molar-refractivity contribution in [2.45, 2.75) is 19.3 Å². The molecule has 0 spiro atoms. The van der Waals surface area contributed by atoms with Crippen LogP contribution in [-0.2, 0) is 5.41 Å². The lowest BCUT2D eigenvalue weighted by atomic mass is 9.67. The Hall–Kier alpha value is -7.04. The highest BCUT2D eigenvalue weighted by atomic mass is 16.1. The lowest BCUT2D eigenvalue weighted by Gasteiger charge is -2.34. The number of aromatic nitrogens is 2. The zero-order chi connectivity index (χ0) is 37.0. The molecule has 0 atom stereocenters. The predicted octanol–water partition coefficient (Wildman–Crippen LogP) is 11.2. The van der Waals surface area contributed by atoms with E-state index in [9.17, 15) is 9.59 Å². The van der Waals surface area contributed by atoms with Crippen LogP contribution >= 0.6 is 0 Å². The van der Waals surface area contributed by atoms with Crippen molar-refractivity contribution < 1.29 is 9.59 Å². The number of rotatable bonds is 4.